The summed E-state index contributed by atoms with van der Waals surface area (Å²) in [5.41, 5.74) is 12.2. The van der Waals surface area contributed by atoms with E-state index in [0.717, 1.165) is 27.9 Å². The second-order valence-corrected chi connectivity index (χ2v) is 12.6. The van der Waals surface area contributed by atoms with E-state index in [1.807, 2.05) is 60.7 Å². The van der Waals surface area contributed by atoms with Gasteiger partial charge in [0.15, 0.2) is 17.5 Å². The van der Waals surface area contributed by atoms with Crippen molar-refractivity contribution >= 4 is 21.8 Å². The first kappa shape index (κ1) is 29.5. The Morgan fingerprint density at radius 2 is 0.720 bits per heavy atom. The first-order chi connectivity index (χ1) is 24.7. The van der Waals surface area contributed by atoms with Gasteiger partial charge in [0.05, 0.1) is 11.0 Å². The lowest BCUT2D eigenvalue weighted by Crippen LogP contribution is -2.01. The van der Waals surface area contributed by atoms with Crippen molar-refractivity contribution in [3.05, 3.63) is 181 Å². The molecule has 4 nitrogen and oxygen atoms in total. The molecule has 9 aromatic rings. The maximum absolute atomic E-state index is 4.98. The van der Waals surface area contributed by atoms with Crippen LogP contribution in [0.3, 0.4) is 0 Å². The summed E-state index contributed by atoms with van der Waals surface area (Å²) in [4.78, 5) is 14.8. The monoisotopic (exact) mass is 640 g/mol. The van der Waals surface area contributed by atoms with E-state index >= 15 is 0 Å². The number of aromatic nitrogens is 4. The van der Waals surface area contributed by atoms with Crippen molar-refractivity contribution in [3.8, 4) is 62.1 Å². The number of benzene rings is 7. The molecule has 0 radical (unpaired) electrons. The van der Waals surface area contributed by atoms with Crippen molar-refractivity contribution in [2.45, 2.75) is 6.92 Å². The van der Waals surface area contributed by atoms with Crippen molar-refractivity contribution in [3.63, 3.8) is 0 Å². The lowest BCUT2D eigenvalue weighted by molar-refractivity contribution is 1.07. The van der Waals surface area contributed by atoms with Gasteiger partial charge < -0.3 is 4.57 Å². The minimum atomic E-state index is 0.648. The Hall–Kier alpha value is -6.65. The van der Waals surface area contributed by atoms with E-state index in [-0.39, 0.29) is 0 Å². The topological polar surface area (TPSA) is 43.6 Å². The van der Waals surface area contributed by atoms with Crippen molar-refractivity contribution < 1.29 is 0 Å². The Morgan fingerprint density at radius 1 is 0.340 bits per heavy atom. The predicted octanol–water partition coefficient (Wildman–Crippen LogP) is 11.6. The molecule has 0 unspecified atom stereocenters. The molecule has 4 heteroatoms. The van der Waals surface area contributed by atoms with Crippen LogP contribution in [0.2, 0.25) is 0 Å². The van der Waals surface area contributed by atoms with Gasteiger partial charge in [-0.25, -0.2) is 15.0 Å². The van der Waals surface area contributed by atoms with Crippen LogP contribution in [0.5, 0.6) is 0 Å². The Morgan fingerprint density at radius 3 is 1.14 bits per heavy atom. The van der Waals surface area contributed by atoms with E-state index in [9.17, 15) is 0 Å². The van der Waals surface area contributed by atoms with Gasteiger partial charge in [0, 0.05) is 33.2 Å². The number of rotatable bonds is 6. The molecule has 2 heterocycles. The Balaban J connectivity index is 1.21. The molecule has 0 atom stereocenters. The van der Waals surface area contributed by atoms with E-state index in [1.165, 1.54) is 44.1 Å². The Bertz CT molecular complexity index is 2470. The zero-order valence-corrected chi connectivity index (χ0v) is 27.5. The fourth-order valence-electron chi connectivity index (χ4n) is 6.89. The molecule has 0 aliphatic heterocycles. The zero-order chi connectivity index (χ0) is 33.4. The third-order valence-corrected chi connectivity index (χ3v) is 9.37. The quantitative estimate of drug-likeness (QED) is 0.182. The zero-order valence-electron chi connectivity index (χ0n) is 27.5. The number of fused-ring (bicyclic) bond motifs is 3. The minimum absolute atomic E-state index is 0.648. The minimum Gasteiger partial charge on any atom is -0.309 e. The number of nitrogens with zero attached hydrogens (tertiary/aromatic N) is 4. The molecule has 7 aromatic carbocycles. The lowest BCUT2D eigenvalue weighted by Gasteiger charge is -2.14. The molecular weight excluding hydrogens is 609 g/mol. The van der Waals surface area contributed by atoms with Gasteiger partial charge >= 0.3 is 0 Å². The van der Waals surface area contributed by atoms with Crippen LogP contribution in [-0.2, 0) is 0 Å². The molecule has 0 amide bonds. The summed E-state index contributed by atoms with van der Waals surface area (Å²) in [5, 5.41) is 2.44. The molecule has 0 N–H and O–H groups in total. The second kappa shape index (κ2) is 12.4. The van der Waals surface area contributed by atoms with Gasteiger partial charge in [0.25, 0.3) is 0 Å². The Kier molecular flexibility index (Phi) is 7.33. The standard InChI is InChI=1S/C46H32N4/c1-31-28-38(46-48-44(34-18-10-4-11-19-34)47-45(49-46)35-20-12-5-13-21-35)24-25-41(31)50-42-26-22-36(32-14-6-2-7-15-32)29-39(42)40-30-37(23-27-43(40)50)33-16-8-3-9-17-33/h2-30H,1H3. The molecular formula is C46H32N4. The molecule has 9 rings (SSSR count). The van der Waals surface area contributed by atoms with E-state index in [2.05, 4.69) is 127 Å². The van der Waals surface area contributed by atoms with Crippen LogP contribution < -0.4 is 0 Å². The molecule has 50 heavy (non-hydrogen) atoms. The predicted molar refractivity (Wildman–Crippen MR) is 206 cm³/mol. The van der Waals surface area contributed by atoms with E-state index in [1.54, 1.807) is 0 Å². The first-order valence-corrected chi connectivity index (χ1v) is 16.9. The molecule has 0 bridgehead atoms. The van der Waals surface area contributed by atoms with Crippen molar-refractivity contribution in [2.24, 2.45) is 0 Å². The largest absolute Gasteiger partial charge is 0.309 e. The fourth-order valence-corrected chi connectivity index (χ4v) is 6.89. The normalized spacial score (nSPS) is 11.3. The summed E-state index contributed by atoms with van der Waals surface area (Å²) >= 11 is 0. The summed E-state index contributed by atoms with van der Waals surface area (Å²) < 4.78 is 2.39. The molecule has 2 aromatic heterocycles. The van der Waals surface area contributed by atoms with E-state index in [4.69, 9.17) is 15.0 Å². The van der Waals surface area contributed by atoms with Crippen LogP contribution in [0.1, 0.15) is 5.56 Å². The third-order valence-electron chi connectivity index (χ3n) is 9.37. The number of hydrogen-bond acceptors (Lipinski definition) is 3. The highest BCUT2D eigenvalue weighted by molar-refractivity contribution is 6.11. The number of aryl methyl sites for hydroxylation is 1. The van der Waals surface area contributed by atoms with Gasteiger partial charge in [0.1, 0.15) is 0 Å². The molecule has 0 spiro atoms. The van der Waals surface area contributed by atoms with Crippen LogP contribution in [0.4, 0.5) is 0 Å². The summed E-state index contributed by atoms with van der Waals surface area (Å²) in [6.45, 7) is 2.17. The molecule has 0 saturated heterocycles. The van der Waals surface area contributed by atoms with Gasteiger partial charge in [-0.1, -0.05) is 133 Å². The summed E-state index contributed by atoms with van der Waals surface area (Å²) in [6.07, 6.45) is 0. The maximum Gasteiger partial charge on any atom is 0.164 e. The van der Waals surface area contributed by atoms with Crippen LogP contribution in [0.25, 0.3) is 83.9 Å². The molecule has 0 fully saturated rings. The Labute approximate surface area is 291 Å². The van der Waals surface area contributed by atoms with Crippen LogP contribution in [0.15, 0.2) is 176 Å². The maximum atomic E-state index is 4.98. The molecule has 0 saturated carbocycles. The molecule has 236 valence electrons. The van der Waals surface area contributed by atoms with Gasteiger partial charge in [0.2, 0.25) is 0 Å². The average molecular weight is 641 g/mol. The van der Waals surface area contributed by atoms with Crippen molar-refractivity contribution in [2.75, 3.05) is 0 Å². The third kappa shape index (κ3) is 5.33. The summed E-state index contributed by atoms with van der Waals surface area (Å²) in [6, 6.07) is 61.6. The van der Waals surface area contributed by atoms with Crippen LogP contribution >= 0.6 is 0 Å². The lowest BCUT2D eigenvalue weighted by atomic mass is 10.0. The van der Waals surface area contributed by atoms with Gasteiger partial charge in [-0.15, -0.1) is 0 Å². The van der Waals surface area contributed by atoms with Crippen LogP contribution in [0, 0.1) is 6.92 Å². The second-order valence-electron chi connectivity index (χ2n) is 12.6. The SMILES string of the molecule is Cc1cc(-c2nc(-c3ccccc3)nc(-c3ccccc3)n2)ccc1-n1c2ccc(-c3ccccc3)cc2c2cc(-c3ccccc3)ccc21. The first-order valence-electron chi connectivity index (χ1n) is 16.9. The van der Waals surface area contributed by atoms with Crippen LogP contribution in [-0.4, -0.2) is 19.5 Å². The highest BCUT2D eigenvalue weighted by Crippen LogP contribution is 2.38. The molecule has 0 aliphatic rings. The van der Waals surface area contributed by atoms with Gasteiger partial charge in [-0.3, -0.25) is 0 Å². The number of hydrogen-bond donors (Lipinski definition) is 0. The van der Waals surface area contributed by atoms with E-state index in [0.29, 0.717) is 17.5 Å². The van der Waals surface area contributed by atoms with Crippen molar-refractivity contribution in [1.82, 2.24) is 19.5 Å². The van der Waals surface area contributed by atoms with Gasteiger partial charge in [-0.05, 0) is 77.2 Å². The molecule has 0 aliphatic carbocycles. The highest BCUT2D eigenvalue weighted by Gasteiger charge is 2.18. The fraction of sp³-hybridized carbons (Fsp3) is 0.0217. The average Bonchev–Trinajstić information content (AvgIpc) is 3.51. The summed E-state index contributed by atoms with van der Waals surface area (Å²) in [7, 11) is 0. The van der Waals surface area contributed by atoms with Gasteiger partial charge in [-0.2, -0.15) is 0 Å². The highest BCUT2D eigenvalue weighted by atomic mass is 15.0. The smallest absolute Gasteiger partial charge is 0.164 e. The summed E-state index contributed by atoms with van der Waals surface area (Å²) in [5.74, 6) is 1.96. The van der Waals surface area contributed by atoms with E-state index < -0.39 is 0 Å². The van der Waals surface area contributed by atoms with Crippen molar-refractivity contribution in [1.29, 1.82) is 0 Å².